The summed E-state index contributed by atoms with van der Waals surface area (Å²) in [5.74, 6) is 0. The van der Waals surface area contributed by atoms with Gasteiger partial charge in [0.15, 0.2) is 0 Å². The van der Waals surface area contributed by atoms with Crippen LogP contribution in [0.2, 0.25) is 0 Å². The number of carbonyl (C=O) groups excluding carboxylic acids is 1. The molecule has 2 N–H and O–H groups in total. The Morgan fingerprint density at radius 1 is 1.60 bits per heavy atom. The van der Waals surface area contributed by atoms with E-state index in [0.29, 0.717) is 6.67 Å². The Morgan fingerprint density at radius 3 is 2.60 bits per heavy atom. The first-order chi connectivity index (χ1) is 4.66. The normalized spacial score (nSPS) is 9.60. The van der Waals surface area contributed by atoms with E-state index in [0.717, 1.165) is 0 Å². The SMILES string of the molecule is CNCNC(=O)OC(C)C. The molecule has 0 radical (unpaired) electrons. The maximum Gasteiger partial charge on any atom is 0.408 e. The molecule has 0 spiro atoms. The summed E-state index contributed by atoms with van der Waals surface area (Å²) in [6, 6.07) is 0. The van der Waals surface area contributed by atoms with Crippen LogP contribution in [0, 0.1) is 0 Å². The van der Waals surface area contributed by atoms with Crippen LogP contribution in [0.25, 0.3) is 0 Å². The summed E-state index contributed by atoms with van der Waals surface area (Å²) < 4.78 is 4.76. The van der Waals surface area contributed by atoms with Gasteiger partial charge in [-0.05, 0) is 20.9 Å². The van der Waals surface area contributed by atoms with Crippen molar-refractivity contribution in [3.05, 3.63) is 0 Å². The van der Waals surface area contributed by atoms with Gasteiger partial charge in [0.1, 0.15) is 0 Å². The van der Waals surface area contributed by atoms with E-state index in [1.54, 1.807) is 20.9 Å². The maximum atomic E-state index is 10.6. The molecule has 4 heteroatoms. The first-order valence-corrected chi connectivity index (χ1v) is 3.26. The van der Waals surface area contributed by atoms with Gasteiger partial charge >= 0.3 is 6.09 Å². The summed E-state index contributed by atoms with van der Waals surface area (Å²) in [5.41, 5.74) is 0. The second-order valence-electron chi connectivity index (χ2n) is 2.16. The molecule has 0 rings (SSSR count). The Balaban J connectivity index is 3.26. The second kappa shape index (κ2) is 5.05. The Hall–Kier alpha value is -0.770. The lowest BCUT2D eigenvalue weighted by atomic mass is 10.5. The van der Waals surface area contributed by atoms with Gasteiger partial charge in [-0.1, -0.05) is 0 Å². The number of hydrogen-bond donors (Lipinski definition) is 2. The number of hydrogen-bond acceptors (Lipinski definition) is 3. The number of amides is 1. The summed E-state index contributed by atoms with van der Waals surface area (Å²) in [6.45, 7) is 4.05. The third kappa shape index (κ3) is 5.37. The fourth-order valence-corrected chi connectivity index (χ4v) is 0.416. The highest BCUT2D eigenvalue weighted by atomic mass is 16.6. The van der Waals surface area contributed by atoms with Crippen molar-refractivity contribution in [3.8, 4) is 0 Å². The van der Waals surface area contributed by atoms with Crippen LogP contribution in [0.1, 0.15) is 13.8 Å². The molecular weight excluding hydrogens is 132 g/mol. The number of ether oxygens (including phenoxy) is 1. The van der Waals surface area contributed by atoms with Crippen LogP contribution in [0.5, 0.6) is 0 Å². The average Bonchev–Trinajstić information content (AvgIpc) is 1.82. The Labute approximate surface area is 60.9 Å². The minimum absolute atomic E-state index is 0.0585. The number of nitrogens with one attached hydrogen (secondary N) is 2. The third-order valence-corrected chi connectivity index (χ3v) is 0.752. The van der Waals surface area contributed by atoms with Gasteiger partial charge in [-0.25, -0.2) is 4.79 Å². The summed E-state index contributed by atoms with van der Waals surface area (Å²) in [7, 11) is 1.75. The van der Waals surface area contributed by atoms with Gasteiger partial charge in [0.2, 0.25) is 0 Å². The molecule has 0 saturated heterocycles. The van der Waals surface area contributed by atoms with Crippen LogP contribution in [0.3, 0.4) is 0 Å². The second-order valence-corrected chi connectivity index (χ2v) is 2.16. The molecule has 0 saturated carbocycles. The molecule has 0 atom stereocenters. The van der Waals surface area contributed by atoms with E-state index in [1.165, 1.54) is 0 Å². The zero-order chi connectivity index (χ0) is 7.98. The van der Waals surface area contributed by atoms with Crippen molar-refractivity contribution < 1.29 is 9.53 Å². The predicted octanol–water partition coefficient (Wildman–Crippen LogP) is 0.298. The molecule has 0 unspecified atom stereocenters. The minimum atomic E-state index is -0.385. The highest BCUT2D eigenvalue weighted by molar-refractivity contribution is 5.67. The van der Waals surface area contributed by atoms with E-state index in [9.17, 15) is 4.79 Å². The number of carbonyl (C=O) groups is 1. The van der Waals surface area contributed by atoms with Gasteiger partial charge in [-0.3, -0.25) is 0 Å². The fraction of sp³-hybridized carbons (Fsp3) is 0.833. The van der Waals surface area contributed by atoms with Crippen molar-refractivity contribution in [2.45, 2.75) is 20.0 Å². The molecule has 0 fully saturated rings. The zero-order valence-corrected chi connectivity index (χ0v) is 6.60. The predicted molar refractivity (Wildman–Crippen MR) is 38.7 cm³/mol. The highest BCUT2D eigenvalue weighted by Crippen LogP contribution is 1.86. The molecule has 0 aromatic carbocycles. The van der Waals surface area contributed by atoms with Gasteiger partial charge in [0, 0.05) is 0 Å². The maximum absolute atomic E-state index is 10.6. The van der Waals surface area contributed by atoms with Gasteiger partial charge in [-0.2, -0.15) is 0 Å². The Bertz CT molecular complexity index is 104. The van der Waals surface area contributed by atoms with Crippen LogP contribution in [0.15, 0.2) is 0 Å². The van der Waals surface area contributed by atoms with Crippen LogP contribution >= 0.6 is 0 Å². The molecule has 10 heavy (non-hydrogen) atoms. The monoisotopic (exact) mass is 146 g/mol. The summed E-state index contributed by atoms with van der Waals surface area (Å²) in [6.07, 6.45) is -0.443. The van der Waals surface area contributed by atoms with Crippen molar-refractivity contribution in [3.63, 3.8) is 0 Å². The molecule has 0 aromatic rings. The van der Waals surface area contributed by atoms with Crippen molar-refractivity contribution in [1.82, 2.24) is 10.6 Å². The lowest BCUT2D eigenvalue weighted by Gasteiger charge is -2.08. The van der Waals surface area contributed by atoms with E-state index in [2.05, 4.69) is 10.6 Å². The first kappa shape index (κ1) is 9.23. The molecule has 0 aliphatic heterocycles. The Kier molecular flexibility index (Phi) is 4.66. The third-order valence-electron chi connectivity index (χ3n) is 0.752. The quantitative estimate of drug-likeness (QED) is 0.563. The standard InChI is InChI=1S/C6H14N2O2/c1-5(2)10-6(9)8-4-7-3/h5,7H,4H2,1-3H3,(H,8,9). The lowest BCUT2D eigenvalue weighted by Crippen LogP contribution is -2.33. The van der Waals surface area contributed by atoms with E-state index in [4.69, 9.17) is 4.74 Å². The van der Waals surface area contributed by atoms with Crippen LogP contribution in [0.4, 0.5) is 4.79 Å². The van der Waals surface area contributed by atoms with E-state index < -0.39 is 0 Å². The van der Waals surface area contributed by atoms with Crippen molar-refractivity contribution in [1.29, 1.82) is 0 Å². The van der Waals surface area contributed by atoms with Gasteiger partial charge in [0.25, 0.3) is 0 Å². The molecule has 0 heterocycles. The zero-order valence-electron chi connectivity index (χ0n) is 6.60. The Morgan fingerprint density at radius 2 is 2.20 bits per heavy atom. The first-order valence-electron chi connectivity index (χ1n) is 3.26. The van der Waals surface area contributed by atoms with Gasteiger partial charge in [0.05, 0.1) is 12.8 Å². The number of rotatable bonds is 3. The molecule has 0 aliphatic carbocycles. The molecule has 0 aromatic heterocycles. The van der Waals surface area contributed by atoms with E-state index in [-0.39, 0.29) is 12.2 Å². The smallest absolute Gasteiger partial charge is 0.408 e. The van der Waals surface area contributed by atoms with E-state index in [1.807, 2.05) is 0 Å². The fourth-order valence-electron chi connectivity index (χ4n) is 0.416. The van der Waals surface area contributed by atoms with Crippen molar-refractivity contribution >= 4 is 6.09 Å². The molecule has 1 amide bonds. The molecule has 0 aliphatic rings. The topological polar surface area (TPSA) is 50.4 Å². The summed E-state index contributed by atoms with van der Waals surface area (Å²) in [5, 5.41) is 5.25. The summed E-state index contributed by atoms with van der Waals surface area (Å²) >= 11 is 0. The lowest BCUT2D eigenvalue weighted by molar-refractivity contribution is 0.115. The van der Waals surface area contributed by atoms with E-state index >= 15 is 0 Å². The average molecular weight is 146 g/mol. The molecular formula is C6H14N2O2. The van der Waals surface area contributed by atoms with Crippen molar-refractivity contribution in [2.24, 2.45) is 0 Å². The van der Waals surface area contributed by atoms with Gasteiger partial charge in [-0.15, -0.1) is 0 Å². The highest BCUT2D eigenvalue weighted by Gasteiger charge is 2.01. The molecule has 0 bridgehead atoms. The largest absolute Gasteiger partial charge is 0.447 e. The van der Waals surface area contributed by atoms with Gasteiger partial charge < -0.3 is 15.4 Å². The summed E-state index contributed by atoms with van der Waals surface area (Å²) in [4.78, 5) is 10.6. The number of alkyl carbamates (subject to hydrolysis) is 1. The molecule has 60 valence electrons. The minimum Gasteiger partial charge on any atom is -0.447 e. The van der Waals surface area contributed by atoms with Crippen molar-refractivity contribution in [2.75, 3.05) is 13.7 Å². The molecule has 4 nitrogen and oxygen atoms in total. The van der Waals surface area contributed by atoms with Crippen LogP contribution in [-0.2, 0) is 4.74 Å². The van der Waals surface area contributed by atoms with Crippen LogP contribution in [-0.4, -0.2) is 25.9 Å². The van der Waals surface area contributed by atoms with Crippen LogP contribution < -0.4 is 10.6 Å².